The fourth-order valence-electron chi connectivity index (χ4n) is 3.81. The van der Waals surface area contributed by atoms with E-state index in [1.807, 2.05) is 30.3 Å². The number of hydrogen-bond acceptors (Lipinski definition) is 3. The topological polar surface area (TPSA) is 35.6 Å². The smallest absolute Gasteiger partial charge is 0.255 e. The van der Waals surface area contributed by atoms with Crippen molar-refractivity contribution in [3.63, 3.8) is 0 Å². The van der Waals surface area contributed by atoms with Crippen molar-refractivity contribution >= 4 is 23.0 Å². The number of benzene rings is 2. The van der Waals surface area contributed by atoms with Gasteiger partial charge in [-0.3, -0.25) is 4.79 Å². The van der Waals surface area contributed by atoms with E-state index >= 15 is 0 Å². The second-order valence-corrected chi connectivity index (χ2v) is 6.91. The van der Waals surface area contributed by atoms with E-state index in [2.05, 4.69) is 33.3 Å². The van der Waals surface area contributed by atoms with Crippen LogP contribution < -0.4 is 15.1 Å². The maximum atomic E-state index is 12.7. The number of hydrogen-bond donors (Lipinski definition) is 1. The Labute approximate surface area is 149 Å². The summed E-state index contributed by atoms with van der Waals surface area (Å²) in [5, 5.41) is 3.16. The molecule has 2 fully saturated rings. The number of carbonyl (C=O) groups excluding carboxylic acids is 1. The molecule has 4 nitrogen and oxygen atoms in total. The largest absolute Gasteiger partial charge is 0.371 e. The molecule has 0 unspecified atom stereocenters. The molecule has 0 atom stereocenters. The minimum Gasteiger partial charge on any atom is -0.371 e. The molecule has 25 heavy (non-hydrogen) atoms. The lowest BCUT2D eigenvalue weighted by Crippen LogP contribution is -2.22. The van der Waals surface area contributed by atoms with Crippen molar-refractivity contribution in [1.82, 2.24) is 0 Å². The molecular weight excluding hydrogens is 310 g/mol. The highest BCUT2D eigenvalue weighted by molar-refractivity contribution is 6.06. The molecule has 1 amide bonds. The molecule has 0 radical (unpaired) electrons. The summed E-state index contributed by atoms with van der Waals surface area (Å²) < 4.78 is 0. The molecule has 130 valence electrons. The van der Waals surface area contributed by atoms with Gasteiger partial charge in [-0.15, -0.1) is 0 Å². The maximum Gasteiger partial charge on any atom is 0.255 e. The minimum atomic E-state index is -0.0420. The number of rotatable bonds is 4. The monoisotopic (exact) mass is 335 g/mol. The third-order valence-electron chi connectivity index (χ3n) is 5.18. The third-order valence-corrected chi connectivity index (χ3v) is 5.18. The predicted molar refractivity (Wildman–Crippen MR) is 104 cm³/mol. The van der Waals surface area contributed by atoms with E-state index in [9.17, 15) is 4.79 Å². The van der Waals surface area contributed by atoms with Crippen LogP contribution in [0.25, 0.3) is 0 Å². The van der Waals surface area contributed by atoms with Gasteiger partial charge in [0.05, 0.1) is 11.4 Å². The molecule has 2 aromatic rings. The zero-order valence-corrected chi connectivity index (χ0v) is 14.6. The molecule has 2 aliphatic heterocycles. The summed E-state index contributed by atoms with van der Waals surface area (Å²) in [6, 6.07) is 16.0. The summed E-state index contributed by atoms with van der Waals surface area (Å²) in [5.74, 6) is -0.0420. The Morgan fingerprint density at radius 2 is 1.44 bits per heavy atom. The number of carbonyl (C=O) groups is 1. The SMILES string of the molecule is O=C(Nc1cc(N2CCCC2)ccc1N1CCCC1)c1ccccc1. The molecule has 0 bridgehead atoms. The molecule has 2 aliphatic rings. The summed E-state index contributed by atoms with van der Waals surface area (Å²) in [6.45, 7) is 4.35. The van der Waals surface area contributed by atoms with Crippen LogP contribution in [0, 0.1) is 0 Å². The Bertz CT molecular complexity index is 732. The van der Waals surface area contributed by atoms with Gasteiger partial charge in [-0.1, -0.05) is 18.2 Å². The second-order valence-electron chi connectivity index (χ2n) is 6.91. The van der Waals surface area contributed by atoms with E-state index in [0.29, 0.717) is 5.56 Å². The van der Waals surface area contributed by atoms with E-state index in [1.54, 1.807) is 0 Å². The summed E-state index contributed by atoms with van der Waals surface area (Å²) >= 11 is 0. The van der Waals surface area contributed by atoms with Gasteiger partial charge in [-0.05, 0) is 56.0 Å². The fraction of sp³-hybridized carbons (Fsp3) is 0.381. The van der Waals surface area contributed by atoms with E-state index < -0.39 is 0 Å². The van der Waals surface area contributed by atoms with Gasteiger partial charge in [0.25, 0.3) is 5.91 Å². The first-order valence-corrected chi connectivity index (χ1v) is 9.31. The van der Waals surface area contributed by atoms with Crippen molar-refractivity contribution in [3.8, 4) is 0 Å². The molecule has 2 aromatic carbocycles. The Balaban J connectivity index is 1.64. The first-order chi connectivity index (χ1) is 12.3. The van der Waals surface area contributed by atoms with Crippen molar-refractivity contribution in [3.05, 3.63) is 54.1 Å². The summed E-state index contributed by atoms with van der Waals surface area (Å²) in [4.78, 5) is 17.5. The van der Waals surface area contributed by atoms with Gasteiger partial charge >= 0.3 is 0 Å². The quantitative estimate of drug-likeness (QED) is 0.912. The lowest BCUT2D eigenvalue weighted by Gasteiger charge is -2.25. The van der Waals surface area contributed by atoms with Crippen molar-refractivity contribution in [2.75, 3.05) is 41.3 Å². The molecule has 0 saturated carbocycles. The molecule has 1 N–H and O–H groups in total. The zero-order valence-electron chi connectivity index (χ0n) is 14.6. The number of nitrogens with zero attached hydrogens (tertiary/aromatic N) is 2. The first-order valence-electron chi connectivity index (χ1n) is 9.31. The van der Waals surface area contributed by atoms with Gasteiger partial charge in [0, 0.05) is 37.4 Å². The summed E-state index contributed by atoms with van der Waals surface area (Å²) in [5.41, 5.74) is 3.98. The second kappa shape index (κ2) is 7.18. The van der Waals surface area contributed by atoms with Crippen molar-refractivity contribution in [2.24, 2.45) is 0 Å². The zero-order chi connectivity index (χ0) is 17.1. The van der Waals surface area contributed by atoms with Crippen LogP contribution in [0.15, 0.2) is 48.5 Å². The molecule has 2 heterocycles. The Morgan fingerprint density at radius 3 is 2.12 bits per heavy atom. The van der Waals surface area contributed by atoms with Gasteiger partial charge in [-0.25, -0.2) is 0 Å². The number of nitrogens with one attached hydrogen (secondary N) is 1. The van der Waals surface area contributed by atoms with Gasteiger partial charge in [0.1, 0.15) is 0 Å². The van der Waals surface area contributed by atoms with Crippen LogP contribution in [0.2, 0.25) is 0 Å². The lowest BCUT2D eigenvalue weighted by atomic mass is 10.1. The molecule has 2 saturated heterocycles. The molecular formula is C21H25N3O. The predicted octanol–water partition coefficient (Wildman–Crippen LogP) is 4.14. The minimum absolute atomic E-state index is 0.0420. The molecule has 0 aromatic heterocycles. The Morgan fingerprint density at radius 1 is 0.800 bits per heavy atom. The van der Waals surface area contributed by atoms with E-state index in [0.717, 1.165) is 37.6 Å². The maximum absolute atomic E-state index is 12.7. The summed E-state index contributed by atoms with van der Waals surface area (Å²) in [7, 11) is 0. The van der Waals surface area contributed by atoms with Crippen molar-refractivity contribution < 1.29 is 4.79 Å². The van der Waals surface area contributed by atoms with Crippen LogP contribution in [0.3, 0.4) is 0 Å². The summed E-state index contributed by atoms with van der Waals surface area (Å²) in [6.07, 6.45) is 4.94. The highest BCUT2D eigenvalue weighted by Gasteiger charge is 2.20. The van der Waals surface area contributed by atoms with Crippen LogP contribution in [0.5, 0.6) is 0 Å². The molecule has 0 aliphatic carbocycles. The van der Waals surface area contributed by atoms with Crippen LogP contribution in [-0.2, 0) is 0 Å². The normalized spacial score (nSPS) is 17.1. The van der Waals surface area contributed by atoms with E-state index in [-0.39, 0.29) is 5.91 Å². The highest BCUT2D eigenvalue weighted by Crippen LogP contribution is 2.34. The Hall–Kier alpha value is -2.49. The molecule has 4 rings (SSSR count). The number of amides is 1. The average Bonchev–Trinajstić information content (AvgIpc) is 3.36. The Kier molecular flexibility index (Phi) is 4.59. The first kappa shape index (κ1) is 16.0. The van der Waals surface area contributed by atoms with Gasteiger partial charge in [-0.2, -0.15) is 0 Å². The molecule has 4 heteroatoms. The van der Waals surface area contributed by atoms with Crippen molar-refractivity contribution in [1.29, 1.82) is 0 Å². The van der Waals surface area contributed by atoms with Crippen molar-refractivity contribution in [2.45, 2.75) is 25.7 Å². The van der Waals surface area contributed by atoms with E-state index in [1.165, 1.54) is 31.4 Å². The highest BCUT2D eigenvalue weighted by atomic mass is 16.1. The van der Waals surface area contributed by atoms with Crippen LogP contribution in [0.4, 0.5) is 17.1 Å². The lowest BCUT2D eigenvalue weighted by molar-refractivity contribution is 0.102. The van der Waals surface area contributed by atoms with Gasteiger partial charge < -0.3 is 15.1 Å². The van der Waals surface area contributed by atoms with Gasteiger partial charge in [0.2, 0.25) is 0 Å². The average molecular weight is 335 g/mol. The standard InChI is InChI=1S/C21H25N3O/c25-21(17-8-2-1-3-9-17)22-19-16-18(23-12-4-5-13-23)10-11-20(19)24-14-6-7-15-24/h1-3,8-11,16H,4-7,12-15H2,(H,22,25). The fourth-order valence-corrected chi connectivity index (χ4v) is 3.81. The van der Waals surface area contributed by atoms with Gasteiger partial charge in [0.15, 0.2) is 0 Å². The number of anilines is 3. The van der Waals surface area contributed by atoms with E-state index in [4.69, 9.17) is 0 Å². The third kappa shape index (κ3) is 3.48. The van der Waals surface area contributed by atoms with Crippen LogP contribution >= 0.6 is 0 Å². The molecule has 0 spiro atoms. The van der Waals surface area contributed by atoms with Crippen LogP contribution in [0.1, 0.15) is 36.0 Å². The van der Waals surface area contributed by atoms with Crippen LogP contribution in [-0.4, -0.2) is 32.1 Å².